The third-order valence-corrected chi connectivity index (χ3v) is 7.77. The number of amides is 2. The number of benzene rings is 1. The molecule has 0 saturated carbocycles. The number of pyridine rings is 1. The number of nitrogens with one attached hydrogen (secondary N) is 2. The lowest BCUT2D eigenvalue weighted by Gasteiger charge is -2.43. The number of hydrogen-bond donors (Lipinski definition) is 2. The molecule has 0 bridgehead atoms. The summed E-state index contributed by atoms with van der Waals surface area (Å²) >= 11 is 0. The SMILES string of the molecule is CCOc1ccccc1-c1ccc(N2CCN(C(=O)O[C@@H](C(C)(C)C)C(F)(F)F)C[C@H]2CC)c(C(=O)N[C@@H]2CCNC2)n1. The van der Waals surface area contributed by atoms with Gasteiger partial charge in [-0.25, -0.2) is 9.78 Å². The number of piperazine rings is 1. The van der Waals surface area contributed by atoms with Gasteiger partial charge in [0.05, 0.1) is 18.0 Å². The number of carbonyl (C=O) groups excluding carboxylic acids is 2. The molecule has 1 aromatic carbocycles. The van der Waals surface area contributed by atoms with Crippen LogP contribution in [-0.2, 0) is 4.74 Å². The average molecular weight is 606 g/mol. The second-order valence-corrected chi connectivity index (χ2v) is 12.0. The molecule has 2 aliphatic rings. The quantitative estimate of drug-likeness (QED) is 0.424. The average Bonchev–Trinajstić information content (AvgIpc) is 3.47. The highest BCUT2D eigenvalue weighted by atomic mass is 19.4. The maximum Gasteiger partial charge on any atom is 0.426 e. The van der Waals surface area contributed by atoms with E-state index in [1.54, 1.807) is 0 Å². The molecule has 2 fully saturated rings. The van der Waals surface area contributed by atoms with Crippen molar-refractivity contribution in [3.63, 3.8) is 0 Å². The van der Waals surface area contributed by atoms with Gasteiger partial charge in [-0.1, -0.05) is 39.8 Å². The zero-order valence-corrected chi connectivity index (χ0v) is 25.5. The molecule has 0 spiro atoms. The highest BCUT2D eigenvalue weighted by Gasteiger charge is 2.50. The predicted octanol–water partition coefficient (Wildman–Crippen LogP) is 5.25. The smallest absolute Gasteiger partial charge is 0.426 e. The second-order valence-electron chi connectivity index (χ2n) is 12.0. The first-order chi connectivity index (χ1) is 20.3. The summed E-state index contributed by atoms with van der Waals surface area (Å²) in [4.78, 5) is 34.8. The van der Waals surface area contributed by atoms with Crippen molar-refractivity contribution in [2.75, 3.05) is 44.2 Å². The Bertz CT molecular complexity index is 1260. The lowest BCUT2D eigenvalue weighted by atomic mass is 9.88. The number of aromatic nitrogens is 1. The summed E-state index contributed by atoms with van der Waals surface area (Å²) in [7, 11) is 0. The summed E-state index contributed by atoms with van der Waals surface area (Å²) in [5.74, 6) is 0.344. The lowest BCUT2D eigenvalue weighted by molar-refractivity contribution is -0.232. The third-order valence-electron chi connectivity index (χ3n) is 7.77. The molecule has 4 rings (SSSR count). The summed E-state index contributed by atoms with van der Waals surface area (Å²) in [6.45, 7) is 10.5. The number of ether oxygens (including phenoxy) is 2. The Morgan fingerprint density at radius 2 is 1.86 bits per heavy atom. The normalized spacial score (nSPS) is 20.1. The molecule has 43 heavy (non-hydrogen) atoms. The van der Waals surface area contributed by atoms with E-state index in [9.17, 15) is 22.8 Å². The zero-order valence-electron chi connectivity index (χ0n) is 25.5. The number of alkyl halides is 3. The van der Waals surface area contributed by atoms with Crippen LogP contribution in [0.1, 0.15) is 57.9 Å². The number of nitrogens with zero attached hydrogens (tertiary/aromatic N) is 3. The highest BCUT2D eigenvalue weighted by Crippen LogP contribution is 2.37. The molecule has 2 N–H and O–H groups in total. The Hall–Kier alpha value is -3.54. The second kappa shape index (κ2) is 13.4. The molecule has 2 amide bonds. The topological polar surface area (TPSA) is 96.0 Å². The standard InChI is InChI=1S/C31H42F3N5O4/c1-6-21-19-38(29(41)43-28(30(3,4)5)31(32,33)34)16-17-39(21)24-13-12-23(22-10-8-9-11-25(22)42-7-2)37-26(24)27(40)36-20-14-15-35-18-20/h8-13,20-21,28,35H,6-7,14-19H2,1-5H3,(H,36,40)/t20-,21-,28+/m1/s1. The van der Waals surface area contributed by atoms with E-state index in [0.717, 1.165) is 18.5 Å². The van der Waals surface area contributed by atoms with E-state index < -0.39 is 23.8 Å². The van der Waals surface area contributed by atoms with Crippen molar-refractivity contribution in [2.24, 2.45) is 5.41 Å². The van der Waals surface area contributed by atoms with Gasteiger partial charge in [-0.2, -0.15) is 13.2 Å². The number of carbonyl (C=O) groups is 2. The minimum Gasteiger partial charge on any atom is -0.493 e. The van der Waals surface area contributed by atoms with E-state index in [0.29, 0.717) is 43.2 Å². The Balaban J connectivity index is 1.62. The van der Waals surface area contributed by atoms with Gasteiger partial charge >= 0.3 is 12.3 Å². The highest BCUT2D eigenvalue weighted by molar-refractivity contribution is 5.99. The monoisotopic (exact) mass is 605 g/mol. The van der Waals surface area contributed by atoms with Crippen LogP contribution >= 0.6 is 0 Å². The molecule has 2 saturated heterocycles. The largest absolute Gasteiger partial charge is 0.493 e. The van der Waals surface area contributed by atoms with Crippen molar-refractivity contribution in [1.29, 1.82) is 0 Å². The van der Waals surface area contributed by atoms with Gasteiger partial charge in [-0.05, 0) is 50.6 Å². The first kappa shape index (κ1) is 32.4. The minimum atomic E-state index is -4.69. The summed E-state index contributed by atoms with van der Waals surface area (Å²) in [5, 5.41) is 6.34. The molecular weight excluding hydrogens is 563 g/mol. The molecule has 3 atom stereocenters. The van der Waals surface area contributed by atoms with Gasteiger partial charge in [0.15, 0.2) is 5.69 Å². The molecule has 236 valence electrons. The minimum absolute atomic E-state index is 0.0282. The van der Waals surface area contributed by atoms with Crippen molar-refractivity contribution in [1.82, 2.24) is 20.5 Å². The maximum atomic E-state index is 13.7. The van der Waals surface area contributed by atoms with Gasteiger partial charge in [0.1, 0.15) is 5.75 Å². The van der Waals surface area contributed by atoms with Crippen molar-refractivity contribution < 1.29 is 32.2 Å². The Morgan fingerprint density at radius 3 is 2.49 bits per heavy atom. The Morgan fingerprint density at radius 1 is 1.12 bits per heavy atom. The fourth-order valence-corrected chi connectivity index (χ4v) is 5.59. The molecule has 9 nitrogen and oxygen atoms in total. The van der Waals surface area contributed by atoms with Gasteiger partial charge in [0.25, 0.3) is 5.91 Å². The predicted molar refractivity (Wildman–Crippen MR) is 158 cm³/mol. The van der Waals surface area contributed by atoms with Crippen LogP contribution < -0.4 is 20.3 Å². The van der Waals surface area contributed by atoms with Crippen molar-refractivity contribution in [3.05, 3.63) is 42.1 Å². The molecule has 0 radical (unpaired) electrons. The summed E-state index contributed by atoms with van der Waals surface area (Å²) in [6, 6.07) is 10.9. The number of rotatable bonds is 8. The summed E-state index contributed by atoms with van der Waals surface area (Å²) < 4.78 is 51.9. The van der Waals surface area contributed by atoms with Crippen molar-refractivity contribution >= 4 is 17.7 Å². The van der Waals surface area contributed by atoms with Crippen LogP contribution in [-0.4, -0.2) is 85.6 Å². The first-order valence-corrected chi connectivity index (χ1v) is 14.9. The number of halogens is 3. The molecule has 2 aliphatic heterocycles. The van der Waals surface area contributed by atoms with Crippen LogP contribution in [0.25, 0.3) is 11.3 Å². The number of hydrogen-bond acceptors (Lipinski definition) is 7. The molecular formula is C31H42F3N5O4. The van der Waals surface area contributed by atoms with E-state index in [1.807, 2.05) is 55.1 Å². The molecule has 0 aliphatic carbocycles. The first-order valence-electron chi connectivity index (χ1n) is 14.9. The van der Waals surface area contributed by atoms with Gasteiger partial charge < -0.3 is 29.9 Å². The fraction of sp³-hybridized carbons (Fsp3) is 0.581. The van der Waals surface area contributed by atoms with Crippen LogP contribution in [0.3, 0.4) is 0 Å². The zero-order chi connectivity index (χ0) is 31.4. The Kier molecular flexibility index (Phi) is 10.1. The molecule has 0 unspecified atom stereocenters. The molecule has 1 aromatic heterocycles. The van der Waals surface area contributed by atoms with Crippen LogP contribution in [0, 0.1) is 5.41 Å². The number of anilines is 1. The van der Waals surface area contributed by atoms with Crippen molar-refractivity contribution in [2.45, 2.75) is 71.8 Å². The van der Waals surface area contributed by atoms with Gasteiger partial charge in [-0.3, -0.25) is 4.79 Å². The van der Waals surface area contributed by atoms with Crippen LogP contribution in [0.15, 0.2) is 36.4 Å². The van der Waals surface area contributed by atoms with Gasteiger partial charge in [0.2, 0.25) is 6.10 Å². The third kappa shape index (κ3) is 7.70. The van der Waals surface area contributed by atoms with Crippen LogP contribution in [0.2, 0.25) is 0 Å². The van der Waals surface area contributed by atoms with Gasteiger partial charge in [0, 0.05) is 49.2 Å². The fourth-order valence-electron chi connectivity index (χ4n) is 5.59. The van der Waals surface area contributed by atoms with E-state index in [-0.39, 0.29) is 36.8 Å². The van der Waals surface area contributed by atoms with E-state index in [2.05, 4.69) is 10.6 Å². The number of para-hydroxylation sites is 1. The van der Waals surface area contributed by atoms with Crippen LogP contribution in [0.5, 0.6) is 5.75 Å². The molecule has 3 heterocycles. The van der Waals surface area contributed by atoms with E-state index in [1.165, 1.54) is 25.7 Å². The molecule has 2 aromatic rings. The van der Waals surface area contributed by atoms with E-state index in [4.69, 9.17) is 14.5 Å². The maximum absolute atomic E-state index is 13.7. The summed E-state index contributed by atoms with van der Waals surface area (Å²) in [6.07, 6.45) is -6.54. The van der Waals surface area contributed by atoms with Crippen molar-refractivity contribution in [3.8, 4) is 17.0 Å². The molecule has 12 heteroatoms. The lowest BCUT2D eigenvalue weighted by Crippen LogP contribution is -2.56. The van der Waals surface area contributed by atoms with Gasteiger partial charge in [-0.15, -0.1) is 0 Å². The Labute approximate surface area is 251 Å². The van der Waals surface area contributed by atoms with Crippen LogP contribution in [0.4, 0.5) is 23.7 Å². The van der Waals surface area contributed by atoms with E-state index >= 15 is 0 Å². The summed E-state index contributed by atoms with van der Waals surface area (Å²) in [5.41, 5.74) is 0.868.